The van der Waals surface area contributed by atoms with Gasteiger partial charge in [-0.15, -0.1) is 0 Å². The first kappa shape index (κ1) is 14.1. The molecule has 2 rings (SSSR count). The van der Waals surface area contributed by atoms with Crippen molar-refractivity contribution in [3.8, 4) is 0 Å². The molecule has 0 amide bonds. The summed E-state index contributed by atoms with van der Waals surface area (Å²) in [7, 11) is 1.24. The number of nitrogens with zero attached hydrogens (tertiary/aromatic N) is 1. The second kappa shape index (κ2) is 5.75. The highest BCUT2D eigenvalue weighted by Gasteiger charge is 2.12. The van der Waals surface area contributed by atoms with E-state index >= 15 is 0 Å². The molecule has 0 fully saturated rings. The van der Waals surface area contributed by atoms with Crippen molar-refractivity contribution in [2.75, 3.05) is 18.2 Å². The lowest BCUT2D eigenvalue weighted by Crippen LogP contribution is -2.08. The first-order chi connectivity index (χ1) is 9.52. The number of carbonyl (C=O) groups excluding carboxylic acids is 1. The Hall–Kier alpha value is -2.34. The molecule has 0 radical (unpaired) electrons. The molecule has 1 aromatic heterocycles. The van der Waals surface area contributed by atoms with Crippen molar-refractivity contribution >= 4 is 34.8 Å². The van der Waals surface area contributed by atoms with Crippen LogP contribution in [-0.4, -0.2) is 18.1 Å². The molecule has 0 spiro atoms. The van der Waals surface area contributed by atoms with E-state index in [0.717, 1.165) is 0 Å². The molecule has 1 aromatic carbocycles. The number of ether oxygens (including phenoxy) is 1. The van der Waals surface area contributed by atoms with E-state index in [9.17, 15) is 9.18 Å². The molecule has 0 aliphatic rings. The van der Waals surface area contributed by atoms with Crippen LogP contribution in [0.25, 0.3) is 0 Å². The van der Waals surface area contributed by atoms with Crippen molar-refractivity contribution in [3.63, 3.8) is 0 Å². The minimum atomic E-state index is -0.626. The molecule has 0 atom stereocenters. The highest BCUT2D eigenvalue weighted by Crippen LogP contribution is 2.27. The standard InChI is InChI=1S/C13H11ClFN3O2/c1-20-13(19)10-6-5-8(16)12(18-10)17-9-4-2-3-7(14)11(9)15/h2-6H,16H2,1H3,(H,17,18). The van der Waals surface area contributed by atoms with Gasteiger partial charge in [-0.05, 0) is 24.3 Å². The molecule has 0 saturated heterocycles. The van der Waals surface area contributed by atoms with Gasteiger partial charge in [0.05, 0.1) is 23.5 Å². The van der Waals surface area contributed by atoms with Crippen LogP contribution in [0, 0.1) is 5.82 Å². The molecule has 1 heterocycles. The third-order valence-electron chi connectivity index (χ3n) is 2.53. The van der Waals surface area contributed by atoms with Crippen LogP contribution in [0.15, 0.2) is 30.3 Å². The number of nitrogen functional groups attached to an aromatic ring is 1. The summed E-state index contributed by atoms with van der Waals surface area (Å²) in [5.41, 5.74) is 6.17. The van der Waals surface area contributed by atoms with E-state index < -0.39 is 11.8 Å². The first-order valence-corrected chi connectivity index (χ1v) is 5.96. The Kier molecular flexibility index (Phi) is 4.05. The number of anilines is 3. The lowest BCUT2D eigenvalue weighted by molar-refractivity contribution is 0.0594. The lowest BCUT2D eigenvalue weighted by atomic mass is 10.2. The fraction of sp³-hybridized carbons (Fsp3) is 0.0769. The number of aromatic nitrogens is 1. The molecule has 2 aromatic rings. The van der Waals surface area contributed by atoms with Crippen molar-refractivity contribution in [3.05, 3.63) is 46.9 Å². The highest BCUT2D eigenvalue weighted by atomic mass is 35.5. The van der Waals surface area contributed by atoms with Gasteiger partial charge in [-0.1, -0.05) is 17.7 Å². The average molecular weight is 296 g/mol. The van der Waals surface area contributed by atoms with Gasteiger partial charge < -0.3 is 15.8 Å². The zero-order valence-electron chi connectivity index (χ0n) is 10.5. The van der Waals surface area contributed by atoms with Crippen molar-refractivity contribution in [2.24, 2.45) is 0 Å². The summed E-state index contributed by atoms with van der Waals surface area (Å²) in [6.45, 7) is 0. The predicted octanol–water partition coefficient (Wildman–Crippen LogP) is 2.99. The van der Waals surface area contributed by atoms with Gasteiger partial charge in [-0.3, -0.25) is 0 Å². The van der Waals surface area contributed by atoms with Gasteiger partial charge in [-0.25, -0.2) is 14.2 Å². The minimum Gasteiger partial charge on any atom is -0.464 e. The second-order valence-electron chi connectivity index (χ2n) is 3.85. The summed E-state index contributed by atoms with van der Waals surface area (Å²) in [6.07, 6.45) is 0. The molecule has 3 N–H and O–H groups in total. The number of esters is 1. The topological polar surface area (TPSA) is 77.2 Å². The smallest absolute Gasteiger partial charge is 0.356 e. The van der Waals surface area contributed by atoms with Crippen LogP contribution >= 0.6 is 11.6 Å². The van der Waals surface area contributed by atoms with Crippen molar-refractivity contribution in [1.82, 2.24) is 4.98 Å². The number of hydrogen-bond acceptors (Lipinski definition) is 5. The highest BCUT2D eigenvalue weighted by molar-refractivity contribution is 6.31. The van der Waals surface area contributed by atoms with Crippen LogP contribution in [0.3, 0.4) is 0 Å². The quantitative estimate of drug-likeness (QED) is 0.851. The summed E-state index contributed by atoms with van der Waals surface area (Å²) >= 11 is 5.68. The zero-order chi connectivity index (χ0) is 14.7. The maximum atomic E-state index is 13.8. The van der Waals surface area contributed by atoms with Crippen molar-refractivity contribution in [2.45, 2.75) is 0 Å². The predicted molar refractivity (Wildman–Crippen MR) is 74.7 cm³/mol. The van der Waals surface area contributed by atoms with Crippen molar-refractivity contribution in [1.29, 1.82) is 0 Å². The number of nitrogens with one attached hydrogen (secondary N) is 1. The Bertz CT molecular complexity index is 664. The Labute approximate surface area is 119 Å². The molecular formula is C13H11ClFN3O2. The van der Waals surface area contributed by atoms with Gasteiger partial charge in [0.25, 0.3) is 0 Å². The Morgan fingerprint density at radius 1 is 1.40 bits per heavy atom. The summed E-state index contributed by atoms with van der Waals surface area (Å²) in [5.74, 6) is -1.09. The maximum Gasteiger partial charge on any atom is 0.356 e. The summed E-state index contributed by atoms with van der Waals surface area (Å²) in [4.78, 5) is 15.4. The van der Waals surface area contributed by atoms with E-state index in [-0.39, 0.29) is 27.9 Å². The van der Waals surface area contributed by atoms with Crippen LogP contribution < -0.4 is 11.1 Å². The van der Waals surface area contributed by atoms with Gasteiger partial charge in [0.1, 0.15) is 0 Å². The maximum absolute atomic E-state index is 13.8. The van der Waals surface area contributed by atoms with E-state index in [1.807, 2.05) is 0 Å². The van der Waals surface area contributed by atoms with Gasteiger partial charge in [-0.2, -0.15) is 0 Å². The summed E-state index contributed by atoms with van der Waals surface area (Å²) < 4.78 is 18.3. The van der Waals surface area contributed by atoms with E-state index in [1.54, 1.807) is 6.07 Å². The summed E-state index contributed by atoms with van der Waals surface area (Å²) in [5, 5.41) is 2.67. The molecule has 0 aliphatic heterocycles. The third kappa shape index (κ3) is 2.80. The summed E-state index contributed by atoms with van der Waals surface area (Å²) in [6, 6.07) is 7.37. The number of carbonyl (C=O) groups is 1. The Balaban J connectivity index is 2.38. The van der Waals surface area contributed by atoms with Gasteiger partial charge in [0, 0.05) is 0 Å². The normalized spacial score (nSPS) is 10.2. The van der Waals surface area contributed by atoms with Gasteiger partial charge >= 0.3 is 5.97 Å². The molecule has 0 unspecified atom stereocenters. The van der Waals surface area contributed by atoms with Crippen LogP contribution in [0.1, 0.15) is 10.5 Å². The second-order valence-corrected chi connectivity index (χ2v) is 4.26. The van der Waals surface area contributed by atoms with Crippen LogP contribution in [0.4, 0.5) is 21.6 Å². The molecule has 0 aliphatic carbocycles. The zero-order valence-corrected chi connectivity index (χ0v) is 11.2. The van der Waals surface area contributed by atoms with Crippen molar-refractivity contribution < 1.29 is 13.9 Å². The molecule has 0 saturated carbocycles. The molecule has 5 nitrogen and oxygen atoms in total. The molecule has 20 heavy (non-hydrogen) atoms. The molecular weight excluding hydrogens is 285 g/mol. The van der Waals surface area contributed by atoms with Crippen LogP contribution in [0.5, 0.6) is 0 Å². The van der Waals surface area contributed by atoms with Gasteiger partial charge in [0.2, 0.25) is 0 Å². The van der Waals surface area contributed by atoms with E-state index in [2.05, 4.69) is 15.0 Å². The fourth-order valence-electron chi connectivity index (χ4n) is 1.52. The monoisotopic (exact) mass is 295 g/mol. The number of rotatable bonds is 3. The number of pyridine rings is 1. The fourth-order valence-corrected chi connectivity index (χ4v) is 1.69. The SMILES string of the molecule is COC(=O)c1ccc(N)c(Nc2cccc(Cl)c2F)n1. The molecule has 104 valence electrons. The molecule has 7 heteroatoms. The van der Waals surface area contributed by atoms with Gasteiger partial charge in [0.15, 0.2) is 17.3 Å². The molecule has 0 bridgehead atoms. The number of hydrogen-bond donors (Lipinski definition) is 2. The minimum absolute atomic E-state index is 0.0299. The number of methoxy groups -OCH3 is 1. The number of halogens is 2. The third-order valence-corrected chi connectivity index (χ3v) is 2.82. The number of benzene rings is 1. The Morgan fingerprint density at radius 3 is 2.85 bits per heavy atom. The van der Waals surface area contributed by atoms with E-state index in [0.29, 0.717) is 0 Å². The number of nitrogens with two attached hydrogens (primary N) is 1. The lowest BCUT2D eigenvalue weighted by Gasteiger charge is -2.10. The van der Waals surface area contributed by atoms with Crippen LogP contribution in [0.2, 0.25) is 5.02 Å². The van der Waals surface area contributed by atoms with E-state index in [1.165, 1.54) is 31.4 Å². The average Bonchev–Trinajstić information content (AvgIpc) is 2.45. The van der Waals surface area contributed by atoms with Crippen LogP contribution in [-0.2, 0) is 4.74 Å². The largest absolute Gasteiger partial charge is 0.464 e. The first-order valence-electron chi connectivity index (χ1n) is 5.59. The van der Waals surface area contributed by atoms with E-state index in [4.69, 9.17) is 17.3 Å². The Morgan fingerprint density at radius 2 is 2.15 bits per heavy atom.